The molecule has 0 unspecified atom stereocenters. The first-order valence-corrected chi connectivity index (χ1v) is 10.8. The van der Waals surface area contributed by atoms with Gasteiger partial charge in [-0.05, 0) is 39.0 Å². The summed E-state index contributed by atoms with van der Waals surface area (Å²) < 4.78 is 17.1. The van der Waals surface area contributed by atoms with Crippen LogP contribution in [0.4, 0.5) is 0 Å². The van der Waals surface area contributed by atoms with E-state index in [2.05, 4.69) is 15.3 Å². The van der Waals surface area contributed by atoms with Crippen molar-refractivity contribution in [1.29, 1.82) is 0 Å². The molecule has 3 aromatic rings. The lowest BCUT2D eigenvalue weighted by Crippen LogP contribution is -2.25. The molecule has 0 aliphatic heterocycles. The predicted octanol–water partition coefficient (Wildman–Crippen LogP) is 4.79. The van der Waals surface area contributed by atoms with Crippen molar-refractivity contribution in [3.63, 3.8) is 0 Å². The molecule has 10 heteroatoms. The van der Waals surface area contributed by atoms with Crippen LogP contribution in [0.5, 0.6) is 11.5 Å². The molecule has 2 heterocycles. The van der Waals surface area contributed by atoms with Crippen molar-refractivity contribution < 1.29 is 18.7 Å². The highest BCUT2D eigenvalue weighted by Gasteiger charge is 2.24. The molecule has 0 fully saturated rings. The number of pyridine rings is 1. The van der Waals surface area contributed by atoms with Gasteiger partial charge in [0.2, 0.25) is 5.89 Å². The van der Waals surface area contributed by atoms with Crippen LogP contribution >= 0.6 is 23.2 Å². The number of oxazole rings is 1. The van der Waals surface area contributed by atoms with E-state index in [0.717, 1.165) is 0 Å². The van der Waals surface area contributed by atoms with E-state index in [9.17, 15) is 4.79 Å². The summed E-state index contributed by atoms with van der Waals surface area (Å²) in [5.41, 5.74) is 7.29. The van der Waals surface area contributed by atoms with Gasteiger partial charge in [0.05, 0.1) is 29.3 Å². The van der Waals surface area contributed by atoms with Gasteiger partial charge in [-0.1, -0.05) is 23.2 Å². The first-order chi connectivity index (χ1) is 15.3. The van der Waals surface area contributed by atoms with Gasteiger partial charge in [0.1, 0.15) is 0 Å². The summed E-state index contributed by atoms with van der Waals surface area (Å²) in [7, 11) is 0. The van der Waals surface area contributed by atoms with Gasteiger partial charge in [0.25, 0.3) is 5.91 Å². The van der Waals surface area contributed by atoms with Crippen LogP contribution in [0.3, 0.4) is 0 Å². The molecule has 32 heavy (non-hydrogen) atoms. The number of aromatic nitrogens is 2. The Morgan fingerprint density at radius 3 is 2.44 bits per heavy atom. The fourth-order valence-electron chi connectivity index (χ4n) is 2.97. The third kappa shape index (κ3) is 5.32. The zero-order valence-corrected chi connectivity index (χ0v) is 19.5. The zero-order chi connectivity index (χ0) is 23.3. The molecule has 0 aliphatic carbocycles. The van der Waals surface area contributed by atoms with Gasteiger partial charge in [-0.3, -0.25) is 9.78 Å². The highest BCUT2D eigenvalue weighted by atomic mass is 35.5. The molecular formula is C22H24Cl2N4O4. The van der Waals surface area contributed by atoms with Crippen molar-refractivity contribution in [3.8, 4) is 23.0 Å². The molecule has 0 radical (unpaired) electrons. The predicted molar refractivity (Wildman–Crippen MR) is 122 cm³/mol. The van der Waals surface area contributed by atoms with Crippen LogP contribution in [-0.2, 0) is 6.54 Å². The van der Waals surface area contributed by atoms with Crippen molar-refractivity contribution in [2.45, 2.75) is 33.4 Å². The minimum Gasteiger partial charge on any atom is -0.490 e. The van der Waals surface area contributed by atoms with E-state index < -0.39 is 11.9 Å². The number of nitrogens with zero attached hydrogens (tertiary/aromatic N) is 2. The number of halogens is 2. The van der Waals surface area contributed by atoms with E-state index in [0.29, 0.717) is 45.9 Å². The monoisotopic (exact) mass is 478 g/mol. The van der Waals surface area contributed by atoms with Crippen molar-refractivity contribution in [2.75, 3.05) is 13.2 Å². The van der Waals surface area contributed by atoms with Crippen LogP contribution in [0.2, 0.25) is 10.0 Å². The van der Waals surface area contributed by atoms with Crippen LogP contribution in [0.1, 0.15) is 48.6 Å². The summed E-state index contributed by atoms with van der Waals surface area (Å²) in [6.45, 7) is 6.55. The van der Waals surface area contributed by atoms with Gasteiger partial charge >= 0.3 is 0 Å². The van der Waals surface area contributed by atoms with Gasteiger partial charge in [-0.25, -0.2) is 4.98 Å². The van der Waals surface area contributed by atoms with E-state index in [1.165, 1.54) is 12.4 Å². The Hall–Kier alpha value is -2.81. The Kier molecular flexibility index (Phi) is 7.95. The number of benzene rings is 1. The second kappa shape index (κ2) is 10.7. The number of hydrogen-bond acceptors (Lipinski definition) is 7. The quantitative estimate of drug-likeness (QED) is 0.454. The Labute approximate surface area is 196 Å². The van der Waals surface area contributed by atoms with Crippen LogP contribution in [-0.4, -0.2) is 29.1 Å². The molecule has 0 aliphatic rings. The molecule has 3 rings (SSSR count). The van der Waals surface area contributed by atoms with E-state index in [4.69, 9.17) is 42.8 Å². The maximum absolute atomic E-state index is 12.9. The Balaban J connectivity index is 1.90. The largest absolute Gasteiger partial charge is 0.490 e. The number of rotatable bonds is 9. The number of carbonyl (C=O) groups is 1. The third-order valence-electron chi connectivity index (χ3n) is 4.45. The third-order valence-corrected chi connectivity index (χ3v) is 5.10. The number of hydrogen-bond donors (Lipinski definition) is 2. The molecule has 0 bridgehead atoms. The van der Waals surface area contributed by atoms with Crippen LogP contribution in [0.15, 0.2) is 35.0 Å². The van der Waals surface area contributed by atoms with E-state index in [1.807, 2.05) is 13.8 Å². The molecule has 1 atom stereocenters. The van der Waals surface area contributed by atoms with Crippen molar-refractivity contribution >= 4 is 29.1 Å². The number of amides is 1. The fraction of sp³-hybridized carbons (Fsp3) is 0.318. The molecule has 0 saturated carbocycles. The second-order valence-corrected chi connectivity index (χ2v) is 7.63. The number of carbonyl (C=O) groups excluding carboxylic acids is 1. The maximum Gasteiger partial charge on any atom is 0.273 e. The lowest BCUT2D eigenvalue weighted by Gasteiger charge is -2.11. The summed E-state index contributed by atoms with van der Waals surface area (Å²) >= 11 is 12.3. The summed E-state index contributed by atoms with van der Waals surface area (Å²) in [5.74, 6) is 1.21. The molecule has 0 saturated heterocycles. The van der Waals surface area contributed by atoms with Gasteiger partial charge in [0, 0.05) is 30.1 Å². The van der Waals surface area contributed by atoms with E-state index >= 15 is 0 Å². The lowest BCUT2D eigenvalue weighted by atomic mass is 10.2. The molecule has 1 aromatic carbocycles. The van der Waals surface area contributed by atoms with E-state index in [-0.39, 0.29) is 23.9 Å². The Bertz CT molecular complexity index is 1080. The summed E-state index contributed by atoms with van der Waals surface area (Å²) in [6, 6.07) is 4.75. The number of ether oxygens (including phenoxy) is 2. The van der Waals surface area contributed by atoms with Gasteiger partial charge in [-0.15, -0.1) is 0 Å². The van der Waals surface area contributed by atoms with Crippen molar-refractivity contribution in [1.82, 2.24) is 15.3 Å². The van der Waals surface area contributed by atoms with Gasteiger partial charge < -0.3 is 24.9 Å². The molecule has 8 nitrogen and oxygen atoms in total. The SMILES string of the molecule is CCOc1ccc(-c2nc(C(=O)NCc3c(Cl)cncc3Cl)c([C@H](C)N)o2)cc1OCC. The van der Waals surface area contributed by atoms with Gasteiger partial charge in [-0.2, -0.15) is 0 Å². The number of nitrogens with two attached hydrogens (primary N) is 1. The normalized spacial score (nSPS) is 11.8. The molecule has 2 aromatic heterocycles. The Morgan fingerprint density at radius 2 is 1.81 bits per heavy atom. The highest BCUT2D eigenvalue weighted by molar-refractivity contribution is 6.35. The summed E-state index contributed by atoms with van der Waals surface area (Å²) in [5, 5.41) is 3.46. The molecule has 1 amide bonds. The zero-order valence-electron chi connectivity index (χ0n) is 17.9. The van der Waals surface area contributed by atoms with Crippen LogP contribution < -0.4 is 20.5 Å². The average Bonchev–Trinajstić information content (AvgIpc) is 3.21. The first kappa shape index (κ1) is 23.8. The molecule has 3 N–H and O–H groups in total. The smallest absolute Gasteiger partial charge is 0.273 e. The summed E-state index contributed by atoms with van der Waals surface area (Å²) in [6.07, 6.45) is 2.91. The minimum absolute atomic E-state index is 0.0862. The van der Waals surface area contributed by atoms with Crippen molar-refractivity contribution in [3.05, 3.63) is 57.7 Å². The maximum atomic E-state index is 12.9. The lowest BCUT2D eigenvalue weighted by molar-refractivity contribution is 0.0944. The average molecular weight is 479 g/mol. The number of nitrogens with one attached hydrogen (secondary N) is 1. The minimum atomic E-state index is -0.556. The molecule has 0 spiro atoms. The van der Waals surface area contributed by atoms with E-state index in [1.54, 1.807) is 25.1 Å². The van der Waals surface area contributed by atoms with Crippen LogP contribution in [0.25, 0.3) is 11.5 Å². The standard InChI is InChI=1S/C22H24Cl2N4O4/c1-4-30-17-7-6-13(8-18(17)31-5-2)22-28-19(20(32-22)12(3)25)21(29)27-9-14-15(23)10-26-11-16(14)24/h6-8,10-12H,4-5,9,25H2,1-3H3,(H,27,29)/t12-/m0/s1. The molecular weight excluding hydrogens is 455 g/mol. The Morgan fingerprint density at radius 1 is 1.16 bits per heavy atom. The van der Waals surface area contributed by atoms with Gasteiger partial charge in [0.15, 0.2) is 23.0 Å². The topological polar surface area (TPSA) is 112 Å². The fourth-order valence-corrected chi connectivity index (χ4v) is 3.47. The molecule has 170 valence electrons. The summed E-state index contributed by atoms with van der Waals surface area (Å²) in [4.78, 5) is 21.2. The van der Waals surface area contributed by atoms with Crippen LogP contribution in [0, 0.1) is 0 Å². The highest BCUT2D eigenvalue weighted by Crippen LogP contribution is 2.34. The van der Waals surface area contributed by atoms with Crippen molar-refractivity contribution in [2.24, 2.45) is 5.73 Å². The first-order valence-electron chi connectivity index (χ1n) is 10.1. The second-order valence-electron chi connectivity index (χ2n) is 6.81.